The molecule has 0 radical (unpaired) electrons. The minimum Gasteiger partial charge on any atom is -0.454 e. The summed E-state index contributed by atoms with van der Waals surface area (Å²) in [6, 6.07) is 12.5. The first-order valence-corrected chi connectivity index (χ1v) is 8.33. The van der Waals surface area contributed by atoms with Crippen molar-refractivity contribution in [2.24, 2.45) is 0 Å². The summed E-state index contributed by atoms with van der Waals surface area (Å²) in [5.74, 6) is 1.71. The number of fused-ring (bicyclic) bond motifs is 1. The molecule has 1 aliphatic heterocycles. The fourth-order valence-electron chi connectivity index (χ4n) is 2.76. The van der Waals surface area contributed by atoms with Gasteiger partial charge in [-0.1, -0.05) is 19.2 Å². The molecule has 3 aromatic rings. The van der Waals surface area contributed by atoms with Crippen LogP contribution in [0.2, 0.25) is 0 Å². The highest BCUT2D eigenvalue weighted by Gasteiger charge is 2.16. The number of amides is 1. The first-order valence-electron chi connectivity index (χ1n) is 8.33. The summed E-state index contributed by atoms with van der Waals surface area (Å²) in [5.41, 5.74) is 2.08. The first-order chi connectivity index (χ1) is 13.1. The molecule has 0 aliphatic carbocycles. The van der Waals surface area contributed by atoms with Gasteiger partial charge < -0.3 is 19.8 Å². The van der Waals surface area contributed by atoms with E-state index in [2.05, 4.69) is 28.4 Å². The van der Waals surface area contributed by atoms with E-state index in [4.69, 9.17) is 9.47 Å². The average Bonchev–Trinajstić information content (AvgIpc) is 3.29. The van der Waals surface area contributed by atoms with Crippen LogP contribution in [0, 0.1) is 0 Å². The van der Waals surface area contributed by atoms with Gasteiger partial charge >= 0.3 is 0 Å². The molecule has 0 atom stereocenters. The number of carbonyl (C=O) groups excluding carboxylic acids is 1. The Kier molecular flexibility index (Phi) is 4.22. The molecule has 1 amide bonds. The van der Waals surface area contributed by atoms with Crippen LogP contribution in [-0.2, 0) is 0 Å². The number of H-pyrrole nitrogens is 1. The van der Waals surface area contributed by atoms with Gasteiger partial charge in [-0.15, -0.1) is 0 Å². The molecule has 1 aliphatic rings. The molecule has 0 bridgehead atoms. The molecule has 2 N–H and O–H groups in total. The van der Waals surface area contributed by atoms with Crippen LogP contribution in [0.25, 0.3) is 24.0 Å². The van der Waals surface area contributed by atoms with Gasteiger partial charge in [-0.3, -0.25) is 4.79 Å². The minimum atomic E-state index is -0.220. The number of nitrogens with zero attached hydrogens (tertiary/aromatic N) is 1. The summed E-state index contributed by atoms with van der Waals surface area (Å²) < 4.78 is 10.6. The van der Waals surface area contributed by atoms with Crippen LogP contribution in [0.3, 0.4) is 0 Å². The Balaban J connectivity index is 1.52. The number of rotatable bonds is 4. The van der Waals surface area contributed by atoms with E-state index in [0.717, 1.165) is 16.3 Å². The van der Waals surface area contributed by atoms with Gasteiger partial charge in [0.2, 0.25) is 6.79 Å². The molecule has 0 unspecified atom stereocenters. The van der Waals surface area contributed by atoms with Gasteiger partial charge in [0.1, 0.15) is 5.82 Å². The Hall–Kier alpha value is -3.80. The number of aromatic amines is 1. The SMILES string of the molecule is C=C/C=c1/nc(-c2ccc(NC(=O)c3ccc4c(c3)OCO4)cc2)[nH]c1=C. The van der Waals surface area contributed by atoms with Crippen molar-refractivity contribution in [2.75, 3.05) is 12.1 Å². The van der Waals surface area contributed by atoms with E-state index in [9.17, 15) is 4.79 Å². The van der Waals surface area contributed by atoms with Crippen LogP contribution < -0.4 is 25.5 Å². The fourth-order valence-corrected chi connectivity index (χ4v) is 2.76. The highest BCUT2D eigenvalue weighted by Crippen LogP contribution is 2.32. The molecule has 6 heteroatoms. The number of aromatic nitrogens is 2. The number of anilines is 1. The second-order valence-electron chi connectivity index (χ2n) is 5.95. The van der Waals surface area contributed by atoms with Gasteiger partial charge in [0.05, 0.1) is 10.7 Å². The highest BCUT2D eigenvalue weighted by molar-refractivity contribution is 6.04. The zero-order valence-corrected chi connectivity index (χ0v) is 14.5. The van der Waals surface area contributed by atoms with Gasteiger partial charge in [-0.05, 0) is 48.5 Å². The largest absolute Gasteiger partial charge is 0.454 e. The van der Waals surface area contributed by atoms with Gasteiger partial charge in [-0.2, -0.15) is 0 Å². The van der Waals surface area contributed by atoms with E-state index in [1.54, 1.807) is 30.4 Å². The number of ether oxygens (including phenoxy) is 2. The van der Waals surface area contributed by atoms with Crippen molar-refractivity contribution >= 4 is 24.2 Å². The zero-order valence-electron chi connectivity index (χ0n) is 14.5. The van der Waals surface area contributed by atoms with Crippen molar-refractivity contribution in [2.45, 2.75) is 0 Å². The molecular formula is C21H17N3O3. The lowest BCUT2D eigenvalue weighted by Crippen LogP contribution is -2.21. The number of nitrogens with one attached hydrogen (secondary N) is 2. The molecule has 1 aromatic heterocycles. The van der Waals surface area contributed by atoms with E-state index in [0.29, 0.717) is 28.6 Å². The third-order valence-electron chi connectivity index (χ3n) is 4.14. The van der Waals surface area contributed by atoms with Crippen LogP contribution in [0.4, 0.5) is 5.69 Å². The maximum atomic E-state index is 12.4. The molecule has 0 saturated heterocycles. The Bertz CT molecular complexity index is 1130. The predicted molar refractivity (Wildman–Crippen MR) is 104 cm³/mol. The van der Waals surface area contributed by atoms with Crippen molar-refractivity contribution < 1.29 is 14.3 Å². The first kappa shape index (κ1) is 16.7. The second-order valence-corrected chi connectivity index (χ2v) is 5.95. The maximum Gasteiger partial charge on any atom is 0.255 e. The van der Waals surface area contributed by atoms with Crippen molar-refractivity contribution in [3.8, 4) is 22.9 Å². The molecule has 134 valence electrons. The fraction of sp³-hybridized carbons (Fsp3) is 0.0476. The van der Waals surface area contributed by atoms with E-state index >= 15 is 0 Å². The summed E-state index contributed by atoms with van der Waals surface area (Å²) >= 11 is 0. The summed E-state index contributed by atoms with van der Waals surface area (Å²) in [5, 5.41) is 4.34. The number of benzene rings is 2. The Morgan fingerprint density at radius 3 is 2.70 bits per heavy atom. The number of hydrogen-bond donors (Lipinski definition) is 2. The van der Waals surface area contributed by atoms with E-state index < -0.39 is 0 Å². The Labute approximate surface area is 155 Å². The van der Waals surface area contributed by atoms with Crippen LogP contribution in [0.5, 0.6) is 11.5 Å². The number of allylic oxidation sites excluding steroid dienone is 1. The third kappa shape index (κ3) is 3.32. The summed E-state index contributed by atoms with van der Waals surface area (Å²) in [6.45, 7) is 7.77. The predicted octanol–water partition coefficient (Wildman–Crippen LogP) is 2.43. The summed E-state index contributed by atoms with van der Waals surface area (Å²) in [4.78, 5) is 20.1. The maximum absolute atomic E-state index is 12.4. The lowest BCUT2D eigenvalue weighted by molar-refractivity contribution is 0.102. The van der Waals surface area contributed by atoms with Gasteiger partial charge in [0, 0.05) is 16.8 Å². The van der Waals surface area contributed by atoms with Gasteiger partial charge in [0.25, 0.3) is 5.91 Å². The number of hydrogen-bond acceptors (Lipinski definition) is 4. The van der Waals surface area contributed by atoms with Crippen molar-refractivity contribution in [1.29, 1.82) is 0 Å². The van der Waals surface area contributed by atoms with Crippen molar-refractivity contribution in [3.63, 3.8) is 0 Å². The average molecular weight is 359 g/mol. The second kappa shape index (κ2) is 6.84. The molecule has 0 saturated carbocycles. The molecular weight excluding hydrogens is 342 g/mol. The Morgan fingerprint density at radius 2 is 1.93 bits per heavy atom. The topological polar surface area (TPSA) is 76.2 Å². The van der Waals surface area contributed by atoms with Crippen molar-refractivity contribution in [1.82, 2.24) is 9.97 Å². The minimum absolute atomic E-state index is 0.177. The van der Waals surface area contributed by atoms with Crippen LogP contribution in [0.15, 0.2) is 55.1 Å². The molecule has 6 nitrogen and oxygen atoms in total. The molecule has 0 fully saturated rings. The van der Waals surface area contributed by atoms with Crippen LogP contribution in [-0.4, -0.2) is 22.7 Å². The highest BCUT2D eigenvalue weighted by atomic mass is 16.7. The van der Waals surface area contributed by atoms with Gasteiger partial charge in [0.15, 0.2) is 11.5 Å². The smallest absolute Gasteiger partial charge is 0.255 e. The normalized spacial score (nSPS) is 12.8. The molecule has 2 aromatic carbocycles. The number of imidazole rings is 1. The molecule has 27 heavy (non-hydrogen) atoms. The summed E-state index contributed by atoms with van der Waals surface area (Å²) in [7, 11) is 0. The van der Waals surface area contributed by atoms with Gasteiger partial charge in [-0.25, -0.2) is 4.98 Å². The third-order valence-corrected chi connectivity index (χ3v) is 4.14. The number of carbonyl (C=O) groups is 1. The van der Waals surface area contributed by atoms with Crippen molar-refractivity contribution in [3.05, 3.63) is 71.4 Å². The zero-order chi connectivity index (χ0) is 18.8. The molecule has 2 heterocycles. The van der Waals surface area contributed by atoms with E-state index in [1.807, 2.05) is 24.3 Å². The molecule has 0 spiro atoms. The van der Waals surface area contributed by atoms with Crippen LogP contribution in [0.1, 0.15) is 10.4 Å². The molecule has 4 rings (SSSR count). The summed E-state index contributed by atoms with van der Waals surface area (Å²) in [6.07, 6.45) is 3.46. The quantitative estimate of drug-likeness (QED) is 0.750. The lowest BCUT2D eigenvalue weighted by atomic mass is 10.1. The monoisotopic (exact) mass is 359 g/mol. The standard InChI is InChI=1S/C21H17N3O3/c1-3-4-17-13(2)22-20(24-17)14-5-8-16(9-6-14)23-21(25)15-7-10-18-19(11-15)27-12-26-18/h3-11H,1-2,12H2,(H,22,24)(H,23,25)/b17-4+. The van der Waals surface area contributed by atoms with E-state index in [1.165, 1.54) is 0 Å². The van der Waals surface area contributed by atoms with Crippen LogP contribution >= 0.6 is 0 Å². The van der Waals surface area contributed by atoms with E-state index in [-0.39, 0.29) is 12.7 Å². The lowest BCUT2D eigenvalue weighted by Gasteiger charge is -2.07. The Morgan fingerprint density at radius 1 is 1.15 bits per heavy atom.